The van der Waals surface area contributed by atoms with Crippen LogP contribution in [0.5, 0.6) is 0 Å². The highest BCUT2D eigenvalue weighted by Gasteiger charge is 2.16. The van der Waals surface area contributed by atoms with Gasteiger partial charge in [-0.15, -0.1) is 0 Å². The van der Waals surface area contributed by atoms with E-state index < -0.39 is 11.9 Å². The van der Waals surface area contributed by atoms with E-state index in [4.69, 9.17) is 0 Å². The number of hydrogen-bond donors (Lipinski definition) is 2. The number of benzene rings is 3. The molecule has 0 saturated carbocycles. The lowest BCUT2D eigenvalue weighted by Crippen LogP contribution is -2.02. The molecule has 0 aliphatic carbocycles. The fourth-order valence-corrected chi connectivity index (χ4v) is 3.55. The Bertz CT molecular complexity index is 1190. The molecule has 0 bridgehead atoms. The Hall–Kier alpha value is -4.32. The summed E-state index contributed by atoms with van der Waals surface area (Å²) in [7, 11) is 0. The van der Waals surface area contributed by atoms with Gasteiger partial charge >= 0.3 is 11.9 Å². The lowest BCUT2D eigenvalue weighted by Gasteiger charge is -2.13. The second-order valence-electron chi connectivity index (χ2n) is 6.96. The predicted molar refractivity (Wildman–Crippen MR) is 116 cm³/mol. The Morgan fingerprint density at radius 2 is 1.16 bits per heavy atom. The van der Waals surface area contributed by atoms with Crippen molar-refractivity contribution < 1.29 is 19.8 Å². The van der Waals surface area contributed by atoms with Gasteiger partial charge in [-0.1, -0.05) is 48.5 Å². The topological polar surface area (TPSA) is 100 Å². The van der Waals surface area contributed by atoms with E-state index in [-0.39, 0.29) is 11.1 Å². The summed E-state index contributed by atoms with van der Waals surface area (Å²) in [5.41, 5.74) is 3.67. The van der Waals surface area contributed by atoms with Gasteiger partial charge in [0.25, 0.3) is 0 Å². The Labute approximate surface area is 178 Å². The maximum atomic E-state index is 11.8. The van der Waals surface area contributed by atoms with Crippen LogP contribution < -0.4 is 0 Å². The fourth-order valence-electron chi connectivity index (χ4n) is 3.55. The molecule has 0 spiro atoms. The summed E-state index contributed by atoms with van der Waals surface area (Å²) in [5, 5.41) is 19.3. The maximum absolute atomic E-state index is 11.8. The number of carboxylic acid groups (broad SMARTS) is 2. The van der Waals surface area contributed by atoms with Crippen LogP contribution in [-0.4, -0.2) is 32.1 Å². The zero-order chi connectivity index (χ0) is 21.8. The monoisotopic (exact) mass is 410 g/mol. The van der Waals surface area contributed by atoms with Gasteiger partial charge in [0.2, 0.25) is 0 Å². The minimum atomic E-state index is -1.03. The highest BCUT2D eigenvalue weighted by atomic mass is 16.4. The molecule has 0 unspecified atom stereocenters. The second-order valence-corrected chi connectivity index (χ2v) is 6.96. The third-order valence-corrected chi connectivity index (χ3v) is 4.91. The highest BCUT2D eigenvalue weighted by Crippen LogP contribution is 2.32. The van der Waals surface area contributed by atoms with Gasteiger partial charge in [-0.2, -0.15) is 0 Å². The molecule has 6 heteroatoms. The zero-order valence-corrected chi connectivity index (χ0v) is 16.4. The molecule has 2 N–H and O–H groups in total. The number of hydrogen-bond acceptors (Lipinski definition) is 4. The minimum absolute atomic E-state index is 0.174. The molecule has 31 heavy (non-hydrogen) atoms. The average Bonchev–Trinajstić information content (AvgIpc) is 2.79. The molecule has 0 atom stereocenters. The summed E-state index contributed by atoms with van der Waals surface area (Å²) in [4.78, 5) is 32.1. The lowest BCUT2D eigenvalue weighted by atomic mass is 9.91. The van der Waals surface area contributed by atoms with Gasteiger partial charge in [0, 0.05) is 18.8 Å². The third kappa shape index (κ3) is 4.33. The van der Waals surface area contributed by atoms with Crippen molar-refractivity contribution in [2.24, 2.45) is 0 Å². The fraction of sp³-hybridized carbons (Fsp3) is 0.0400. The van der Waals surface area contributed by atoms with Crippen molar-refractivity contribution in [3.63, 3.8) is 0 Å². The van der Waals surface area contributed by atoms with Gasteiger partial charge in [-0.05, 0) is 52.1 Å². The van der Waals surface area contributed by atoms with Gasteiger partial charge in [0.05, 0.1) is 11.1 Å². The minimum Gasteiger partial charge on any atom is -0.478 e. The molecule has 152 valence electrons. The van der Waals surface area contributed by atoms with Crippen molar-refractivity contribution in [3.8, 4) is 22.3 Å². The number of nitrogens with zero attached hydrogens (tertiary/aromatic N) is 2. The van der Waals surface area contributed by atoms with E-state index in [1.807, 2.05) is 18.2 Å². The first-order chi connectivity index (χ1) is 15.0. The van der Waals surface area contributed by atoms with Gasteiger partial charge in [0.1, 0.15) is 5.82 Å². The molecular weight excluding hydrogens is 392 g/mol. The van der Waals surface area contributed by atoms with E-state index in [2.05, 4.69) is 9.97 Å². The molecule has 3 aromatic carbocycles. The first-order valence-electron chi connectivity index (χ1n) is 9.58. The van der Waals surface area contributed by atoms with Gasteiger partial charge in [-0.25, -0.2) is 19.6 Å². The molecular formula is C25H18N2O4. The molecule has 0 amide bonds. The molecule has 0 aliphatic heterocycles. The molecule has 4 aromatic rings. The quantitative estimate of drug-likeness (QED) is 0.474. The molecule has 1 heterocycles. The van der Waals surface area contributed by atoms with E-state index in [9.17, 15) is 19.8 Å². The largest absolute Gasteiger partial charge is 0.478 e. The first kappa shape index (κ1) is 20.0. The van der Waals surface area contributed by atoms with Crippen molar-refractivity contribution in [1.82, 2.24) is 9.97 Å². The Kier molecular flexibility index (Phi) is 5.53. The molecule has 1 aromatic heterocycles. The van der Waals surface area contributed by atoms with E-state index in [1.54, 1.807) is 67.0 Å². The Balaban J connectivity index is 1.92. The van der Waals surface area contributed by atoms with E-state index in [1.165, 1.54) is 0 Å². The summed E-state index contributed by atoms with van der Waals surface area (Å²) in [6.07, 6.45) is 3.74. The third-order valence-electron chi connectivity index (χ3n) is 4.91. The van der Waals surface area contributed by atoms with E-state index >= 15 is 0 Å². The predicted octanol–water partition coefficient (Wildman–Crippen LogP) is 4.80. The van der Waals surface area contributed by atoms with E-state index in [0.717, 1.165) is 5.56 Å². The molecule has 0 radical (unpaired) electrons. The van der Waals surface area contributed by atoms with Crippen LogP contribution in [0, 0.1) is 0 Å². The van der Waals surface area contributed by atoms with Crippen LogP contribution in [-0.2, 0) is 6.42 Å². The Morgan fingerprint density at radius 1 is 0.677 bits per heavy atom. The van der Waals surface area contributed by atoms with Crippen molar-refractivity contribution in [1.29, 1.82) is 0 Å². The molecule has 0 fully saturated rings. The summed E-state index contributed by atoms with van der Waals surface area (Å²) in [6.45, 7) is 0. The van der Waals surface area contributed by atoms with Gasteiger partial charge in [-0.3, -0.25) is 0 Å². The number of aromatic carboxylic acids is 2. The van der Waals surface area contributed by atoms with Crippen LogP contribution >= 0.6 is 0 Å². The molecule has 0 saturated heterocycles. The molecule has 0 aliphatic rings. The highest BCUT2D eigenvalue weighted by molar-refractivity contribution is 5.98. The van der Waals surface area contributed by atoms with Gasteiger partial charge < -0.3 is 10.2 Å². The van der Waals surface area contributed by atoms with Crippen LogP contribution in [0.4, 0.5) is 0 Å². The lowest BCUT2D eigenvalue weighted by molar-refractivity contribution is 0.0687. The van der Waals surface area contributed by atoms with Crippen LogP contribution in [0.25, 0.3) is 22.3 Å². The zero-order valence-electron chi connectivity index (χ0n) is 16.4. The number of carboxylic acids is 2. The number of rotatable bonds is 6. The summed E-state index contributed by atoms with van der Waals surface area (Å²) in [6, 6.07) is 20.8. The van der Waals surface area contributed by atoms with Crippen molar-refractivity contribution >= 4 is 11.9 Å². The van der Waals surface area contributed by atoms with Crippen molar-refractivity contribution in [2.45, 2.75) is 6.42 Å². The number of aromatic nitrogens is 2. The maximum Gasteiger partial charge on any atom is 0.336 e. The second kappa shape index (κ2) is 8.59. The standard InChI is InChI=1S/C25H18N2O4/c28-24(29)21-8-3-1-6-19(21)17-12-16(14-23-26-10-5-11-27-23)13-18(15-17)20-7-2-4-9-22(20)25(30)31/h1-13,15H,14H2,(H,28,29)(H,30,31). The van der Waals surface area contributed by atoms with E-state index in [0.29, 0.717) is 34.5 Å². The van der Waals surface area contributed by atoms with Crippen LogP contribution in [0.1, 0.15) is 32.1 Å². The smallest absolute Gasteiger partial charge is 0.336 e. The van der Waals surface area contributed by atoms with Crippen molar-refractivity contribution in [3.05, 3.63) is 108 Å². The SMILES string of the molecule is O=C(O)c1ccccc1-c1cc(Cc2ncccn2)cc(-c2ccccc2C(=O)O)c1. The van der Waals surface area contributed by atoms with Crippen LogP contribution in [0.2, 0.25) is 0 Å². The molecule has 4 rings (SSSR count). The Morgan fingerprint density at radius 3 is 1.65 bits per heavy atom. The van der Waals surface area contributed by atoms with Crippen LogP contribution in [0.3, 0.4) is 0 Å². The summed E-state index contributed by atoms with van der Waals surface area (Å²) >= 11 is 0. The summed E-state index contributed by atoms with van der Waals surface area (Å²) in [5.74, 6) is -1.44. The normalized spacial score (nSPS) is 10.6. The molecule has 6 nitrogen and oxygen atoms in total. The van der Waals surface area contributed by atoms with Gasteiger partial charge in [0.15, 0.2) is 0 Å². The van der Waals surface area contributed by atoms with Crippen LogP contribution in [0.15, 0.2) is 85.2 Å². The number of carbonyl (C=O) groups is 2. The summed E-state index contributed by atoms with van der Waals surface area (Å²) < 4.78 is 0. The average molecular weight is 410 g/mol. The van der Waals surface area contributed by atoms with Crippen molar-refractivity contribution in [2.75, 3.05) is 0 Å². The first-order valence-corrected chi connectivity index (χ1v) is 9.58.